The lowest BCUT2D eigenvalue weighted by Gasteiger charge is -2.17. The molecular weight excluding hydrogens is 216 g/mol. The van der Waals surface area contributed by atoms with E-state index in [-0.39, 0.29) is 5.56 Å². The number of hydrogen-bond donors (Lipinski definition) is 1. The molecule has 1 heterocycles. The quantitative estimate of drug-likeness (QED) is 0.770. The Labute approximate surface area is 102 Å². The second-order valence-electron chi connectivity index (χ2n) is 3.86. The molecule has 1 aromatic rings. The maximum atomic E-state index is 11.7. The topological polar surface area (TPSA) is 50.2 Å². The highest BCUT2D eigenvalue weighted by Gasteiger charge is 2.02. The van der Waals surface area contributed by atoms with Crippen LogP contribution >= 0.6 is 0 Å². The Morgan fingerprint density at radius 1 is 1.35 bits per heavy atom. The smallest absolute Gasteiger partial charge is 0.268 e. The lowest BCUT2D eigenvalue weighted by atomic mass is 10.4. The summed E-state index contributed by atoms with van der Waals surface area (Å²) < 4.78 is 1.51. The maximum Gasteiger partial charge on any atom is 0.268 e. The highest BCUT2D eigenvalue weighted by atomic mass is 16.1. The first-order chi connectivity index (χ1) is 8.21. The normalized spacial score (nSPS) is 10.8. The highest BCUT2D eigenvalue weighted by molar-refractivity contribution is 5.38. The van der Waals surface area contributed by atoms with Gasteiger partial charge in [-0.3, -0.25) is 4.79 Å². The van der Waals surface area contributed by atoms with E-state index in [1.807, 2.05) is 6.92 Å². The standard InChI is InChI=1S/C12H22N4O/c1-4-13-11-9-12(17)16(14-10-11)8-7-15(5-2)6-3/h9-10,13H,4-8H2,1-3H3. The van der Waals surface area contributed by atoms with Gasteiger partial charge in [0.15, 0.2) is 0 Å². The van der Waals surface area contributed by atoms with Crippen molar-refractivity contribution >= 4 is 5.69 Å². The number of likely N-dealkylation sites (N-methyl/N-ethyl adjacent to an activating group) is 1. The summed E-state index contributed by atoms with van der Waals surface area (Å²) >= 11 is 0. The molecule has 0 amide bonds. The van der Waals surface area contributed by atoms with Gasteiger partial charge in [-0.2, -0.15) is 5.10 Å². The van der Waals surface area contributed by atoms with Crippen molar-refractivity contribution in [1.29, 1.82) is 0 Å². The Kier molecular flexibility index (Phi) is 5.69. The van der Waals surface area contributed by atoms with E-state index in [2.05, 4.69) is 29.2 Å². The van der Waals surface area contributed by atoms with Crippen molar-refractivity contribution in [2.24, 2.45) is 0 Å². The zero-order chi connectivity index (χ0) is 12.7. The molecule has 0 bridgehead atoms. The van der Waals surface area contributed by atoms with Crippen LogP contribution in [0.3, 0.4) is 0 Å². The SMILES string of the molecule is CCNc1cnn(CCN(CC)CC)c(=O)c1. The van der Waals surface area contributed by atoms with E-state index in [0.717, 1.165) is 31.9 Å². The number of rotatable bonds is 7. The van der Waals surface area contributed by atoms with Crippen LogP contribution in [0.4, 0.5) is 5.69 Å². The fourth-order valence-corrected chi connectivity index (χ4v) is 1.68. The van der Waals surface area contributed by atoms with Gasteiger partial charge in [-0.25, -0.2) is 4.68 Å². The number of aromatic nitrogens is 2. The van der Waals surface area contributed by atoms with Crippen LogP contribution in [0, 0.1) is 0 Å². The Balaban J connectivity index is 2.63. The van der Waals surface area contributed by atoms with Crippen LogP contribution in [-0.2, 0) is 6.54 Å². The monoisotopic (exact) mass is 238 g/mol. The second kappa shape index (κ2) is 7.06. The predicted molar refractivity (Wildman–Crippen MR) is 70.4 cm³/mol. The fourth-order valence-electron chi connectivity index (χ4n) is 1.68. The molecule has 0 fully saturated rings. The van der Waals surface area contributed by atoms with Crippen molar-refractivity contribution in [3.63, 3.8) is 0 Å². The molecule has 1 N–H and O–H groups in total. The molecule has 1 aromatic heterocycles. The third kappa shape index (κ3) is 4.19. The third-order valence-electron chi connectivity index (χ3n) is 2.77. The van der Waals surface area contributed by atoms with Crippen LogP contribution in [0.5, 0.6) is 0 Å². The van der Waals surface area contributed by atoms with E-state index in [9.17, 15) is 4.79 Å². The van der Waals surface area contributed by atoms with E-state index in [4.69, 9.17) is 0 Å². The summed E-state index contributed by atoms with van der Waals surface area (Å²) in [5.41, 5.74) is 0.743. The number of nitrogens with one attached hydrogen (secondary N) is 1. The predicted octanol–water partition coefficient (Wildman–Crippen LogP) is 1.02. The summed E-state index contributed by atoms with van der Waals surface area (Å²) in [6.07, 6.45) is 1.70. The highest BCUT2D eigenvalue weighted by Crippen LogP contribution is 1.98. The van der Waals surface area contributed by atoms with Crippen LogP contribution in [-0.4, -0.2) is 40.9 Å². The zero-order valence-corrected chi connectivity index (χ0v) is 10.9. The maximum absolute atomic E-state index is 11.7. The summed E-state index contributed by atoms with van der Waals surface area (Å²) in [5.74, 6) is 0. The minimum atomic E-state index is -0.0457. The first kappa shape index (κ1) is 13.7. The summed E-state index contributed by atoms with van der Waals surface area (Å²) in [6, 6.07) is 1.60. The van der Waals surface area contributed by atoms with Gasteiger partial charge < -0.3 is 10.2 Å². The van der Waals surface area contributed by atoms with Crippen LogP contribution in [0.2, 0.25) is 0 Å². The van der Waals surface area contributed by atoms with Crippen LogP contribution in [0.15, 0.2) is 17.1 Å². The van der Waals surface area contributed by atoms with Gasteiger partial charge in [0.05, 0.1) is 18.4 Å². The summed E-state index contributed by atoms with van der Waals surface area (Å²) in [5, 5.41) is 7.23. The van der Waals surface area contributed by atoms with Gasteiger partial charge in [0.2, 0.25) is 0 Å². The van der Waals surface area contributed by atoms with Gasteiger partial charge in [-0.15, -0.1) is 0 Å². The van der Waals surface area contributed by atoms with Gasteiger partial charge in [0.25, 0.3) is 5.56 Å². The molecule has 0 aromatic carbocycles. The average Bonchev–Trinajstić information content (AvgIpc) is 2.33. The minimum Gasteiger partial charge on any atom is -0.384 e. The van der Waals surface area contributed by atoms with Crippen LogP contribution in [0.1, 0.15) is 20.8 Å². The van der Waals surface area contributed by atoms with Crippen molar-refractivity contribution in [3.05, 3.63) is 22.6 Å². The van der Waals surface area contributed by atoms with Gasteiger partial charge in [0.1, 0.15) is 0 Å². The molecule has 17 heavy (non-hydrogen) atoms. The molecule has 0 saturated carbocycles. The molecule has 0 aliphatic heterocycles. The number of hydrogen-bond acceptors (Lipinski definition) is 4. The lowest BCUT2D eigenvalue weighted by molar-refractivity contribution is 0.282. The van der Waals surface area contributed by atoms with E-state index in [1.54, 1.807) is 12.3 Å². The lowest BCUT2D eigenvalue weighted by Crippen LogP contribution is -2.31. The Morgan fingerprint density at radius 2 is 2.06 bits per heavy atom. The first-order valence-corrected chi connectivity index (χ1v) is 6.24. The molecule has 5 nitrogen and oxygen atoms in total. The molecule has 1 rings (SSSR count). The van der Waals surface area contributed by atoms with E-state index < -0.39 is 0 Å². The Bertz CT molecular complexity index is 384. The molecule has 0 atom stereocenters. The first-order valence-electron chi connectivity index (χ1n) is 6.24. The van der Waals surface area contributed by atoms with Gasteiger partial charge in [-0.05, 0) is 20.0 Å². The average molecular weight is 238 g/mol. The summed E-state index contributed by atoms with van der Waals surface area (Å²) in [4.78, 5) is 14.0. The molecule has 0 saturated heterocycles. The third-order valence-corrected chi connectivity index (χ3v) is 2.77. The molecule has 5 heteroatoms. The van der Waals surface area contributed by atoms with E-state index in [0.29, 0.717) is 6.54 Å². The molecular formula is C12H22N4O. The molecule has 0 unspecified atom stereocenters. The Morgan fingerprint density at radius 3 is 2.59 bits per heavy atom. The van der Waals surface area contributed by atoms with Gasteiger partial charge >= 0.3 is 0 Å². The van der Waals surface area contributed by atoms with Gasteiger partial charge in [-0.1, -0.05) is 13.8 Å². The fraction of sp³-hybridized carbons (Fsp3) is 0.667. The molecule has 0 spiro atoms. The second-order valence-corrected chi connectivity index (χ2v) is 3.86. The van der Waals surface area contributed by atoms with Crippen LogP contribution < -0.4 is 10.9 Å². The molecule has 0 aliphatic carbocycles. The van der Waals surface area contributed by atoms with Crippen molar-refractivity contribution in [3.8, 4) is 0 Å². The van der Waals surface area contributed by atoms with Crippen molar-refractivity contribution in [1.82, 2.24) is 14.7 Å². The molecule has 0 radical (unpaired) electrons. The zero-order valence-electron chi connectivity index (χ0n) is 10.9. The number of anilines is 1. The largest absolute Gasteiger partial charge is 0.384 e. The van der Waals surface area contributed by atoms with Crippen molar-refractivity contribution < 1.29 is 0 Å². The van der Waals surface area contributed by atoms with E-state index >= 15 is 0 Å². The van der Waals surface area contributed by atoms with Gasteiger partial charge in [0, 0.05) is 19.2 Å². The number of nitrogens with zero attached hydrogens (tertiary/aromatic N) is 3. The van der Waals surface area contributed by atoms with E-state index in [1.165, 1.54) is 4.68 Å². The molecule has 0 aliphatic rings. The van der Waals surface area contributed by atoms with Crippen LogP contribution in [0.25, 0.3) is 0 Å². The minimum absolute atomic E-state index is 0.0457. The molecule has 96 valence electrons. The van der Waals surface area contributed by atoms with Crippen molar-refractivity contribution in [2.45, 2.75) is 27.3 Å². The Hall–Kier alpha value is -1.36. The summed E-state index contributed by atoms with van der Waals surface area (Å²) in [7, 11) is 0. The van der Waals surface area contributed by atoms with Crippen molar-refractivity contribution in [2.75, 3.05) is 31.5 Å². The summed E-state index contributed by atoms with van der Waals surface area (Å²) in [6.45, 7) is 10.5.